The van der Waals surface area contributed by atoms with E-state index in [0.29, 0.717) is 0 Å². The second kappa shape index (κ2) is 5.87. The normalized spacial score (nSPS) is 10.4. The number of rotatable bonds is 2. The van der Waals surface area contributed by atoms with Crippen molar-refractivity contribution in [3.8, 4) is 0 Å². The average molecular weight is 225 g/mol. The monoisotopic (exact) mass is 225 g/mol. The summed E-state index contributed by atoms with van der Waals surface area (Å²) >= 11 is 0. The first-order chi connectivity index (χ1) is 7.27. The van der Waals surface area contributed by atoms with E-state index in [1.54, 1.807) is 0 Å². The lowest BCUT2D eigenvalue weighted by Crippen LogP contribution is -2.07. The van der Waals surface area contributed by atoms with Crippen molar-refractivity contribution in [2.24, 2.45) is 0 Å². The van der Waals surface area contributed by atoms with Gasteiger partial charge in [0.1, 0.15) is 0 Å². The van der Waals surface area contributed by atoms with Crippen LogP contribution in [0.25, 0.3) is 0 Å². The fourth-order valence-electron chi connectivity index (χ4n) is 1.56. The van der Waals surface area contributed by atoms with Crippen molar-refractivity contribution in [1.29, 1.82) is 0 Å². The van der Waals surface area contributed by atoms with Gasteiger partial charge in [-0.25, -0.2) is 0 Å². The first-order valence-electron chi connectivity index (χ1n) is 5.15. The lowest BCUT2D eigenvalue weighted by molar-refractivity contribution is 1.37. The van der Waals surface area contributed by atoms with Gasteiger partial charge in [0.15, 0.2) is 0 Å². The summed E-state index contributed by atoms with van der Waals surface area (Å²) in [4.78, 5) is 0. The maximum atomic E-state index is 2.23. The van der Waals surface area contributed by atoms with E-state index in [1.807, 2.05) is 0 Å². The Balaban J connectivity index is 0.00000128. The Hall–Kier alpha value is -1.07. The van der Waals surface area contributed by atoms with Crippen molar-refractivity contribution in [3.63, 3.8) is 0 Å². The van der Waals surface area contributed by atoms with Gasteiger partial charge in [-0.1, -0.05) is 57.1 Å². The van der Waals surface area contributed by atoms with Crippen LogP contribution < -0.4 is 10.6 Å². The molecule has 0 saturated carbocycles. The highest BCUT2D eigenvalue weighted by molar-refractivity contribution is 7.55. The maximum Gasteiger partial charge on any atom is 0 e. The van der Waals surface area contributed by atoms with Gasteiger partial charge in [0.2, 0.25) is 0 Å². The molecule has 0 nitrogen and oxygen atoms in total. The van der Waals surface area contributed by atoms with Crippen molar-refractivity contribution < 1.29 is 0 Å². The summed E-state index contributed by atoms with van der Waals surface area (Å²) in [5.41, 5.74) is 2.82. The van der Waals surface area contributed by atoms with Crippen LogP contribution in [-0.2, 0) is 0 Å². The third-order valence-corrected chi connectivity index (χ3v) is 4.09. The molecule has 0 amide bonds. The molecule has 16 heavy (non-hydrogen) atoms. The lowest BCUT2D eigenvalue weighted by atomic mass is 10.1. The van der Waals surface area contributed by atoms with Crippen LogP contribution in [0.15, 0.2) is 48.5 Å². The minimum absolute atomic E-state index is 0. The maximum absolute atomic E-state index is 2.23. The molecule has 0 aliphatic rings. The van der Waals surface area contributed by atoms with E-state index in [-0.39, 0.29) is 8.41 Å². The van der Waals surface area contributed by atoms with Gasteiger partial charge < -0.3 is 0 Å². The van der Waals surface area contributed by atoms with Crippen LogP contribution in [0.4, 0.5) is 0 Å². The summed E-state index contributed by atoms with van der Waals surface area (Å²) in [6, 6.07) is 17.2. The molecule has 1 atom stereocenters. The Kier molecular flexibility index (Phi) is 4.77. The van der Waals surface area contributed by atoms with Crippen LogP contribution in [-0.4, -0.2) is 8.41 Å². The molecule has 0 saturated heterocycles. The smallest absolute Gasteiger partial charge is 0 e. The molecule has 2 aromatic carbocycles. The van der Waals surface area contributed by atoms with Gasteiger partial charge in [-0.05, 0) is 35.6 Å². The van der Waals surface area contributed by atoms with Crippen molar-refractivity contribution in [3.05, 3.63) is 59.7 Å². The second-order valence-corrected chi connectivity index (χ2v) is 5.10. The zero-order valence-electron chi connectivity index (χ0n) is 9.70. The first-order valence-corrected chi connectivity index (χ1v) is 6.15. The van der Waals surface area contributed by atoms with Gasteiger partial charge in [0.05, 0.1) is 0 Å². The summed E-state index contributed by atoms with van der Waals surface area (Å²) in [6.07, 6.45) is 0. The predicted molar refractivity (Wildman–Crippen MR) is 75.7 cm³/mol. The molecule has 0 heterocycles. The second-order valence-electron chi connectivity index (χ2n) is 3.74. The molecule has 0 aliphatic carbocycles. The molecule has 3 radical (unpaired) electrons. The Morgan fingerprint density at radius 2 is 1.50 bits per heavy atom. The standard InChI is InChI=1S/C14H15P.B/c1-11-7-6-10-14(12(11)2)15-13-8-4-3-5-9-13;/h3-10,15H,1-2H3;. The van der Waals surface area contributed by atoms with Gasteiger partial charge in [-0.15, -0.1) is 0 Å². The molecule has 0 aromatic heterocycles. The molecule has 79 valence electrons. The zero-order chi connectivity index (χ0) is 10.7. The quantitative estimate of drug-likeness (QED) is 0.544. The van der Waals surface area contributed by atoms with Crippen molar-refractivity contribution in [2.45, 2.75) is 13.8 Å². The van der Waals surface area contributed by atoms with E-state index in [1.165, 1.54) is 21.7 Å². The van der Waals surface area contributed by atoms with Crippen molar-refractivity contribution >= 4 is 27.6 Å². The van der Waals surface area contributed by atoms with Crippen LogP contribution in [0.5, 0.6) is 0 Å². The van der Waals surface area contributed by atoms with Gasteiger partial charge >= 0.3 is 0 Å². The lowest BCUT2D eigenvalue weighted by Gasteiger charge is -2.08. The summed E-state index contributed by atoms with van der Waals surface area (Å²) in [5, 5.41) is 2.87. The zero-order valence-corrected chi connectivity index (χ0v) is 10.7. The minimum Gasteiger partial charge on any atom is -0.0622 e. The number of hydrogen-bond acceptors (Lipinski definition) is 0. The van der Waals surface area contributed by atoms with Crippen molar-refractivity contribution in [2.75, 3.05) is 0 Å². The number of hydrogen-bond donors (Lipinski definition) is 0. The Morgan fingerprint density at radius 1 is 0.812 bits per heavy atom. The van der Waals surface area contributed by atoms with Crippen LogP contribution in [0.1, 0.15) is 11.1 Å². The summed E-state index contributed by atoms with van der Waals surface area (Å²) in [5.74, 6) is 0. The highest BCUT2D eigenvalue weighted by Crippen LogP contribution is 2.15. The molecule has 0 aliphatic heterocycles. The third-order valence-electron chi connectivity index (χ3n) is 2.66. The molecule has 0 bridgehead atoms. The van der Waals surface area contributed by atoms with Gasteiger partial charge in [-0.3, -0.25) is 0 Å². The summed E-state index contributed by atoms with van der Waals surface area (Å²) in [6.45, 7) is 4.38. The van der Waals surface area contributed by atoms with Gasteiger partial charge in [0, 0.05) is 8.41 Å². The largest absolute Gasteiger partial charge is 0.0622 e. The molecule has 0 N–H and O–H groups in total. The molecule has 0 fully saturated rings. The fraction of sp³-hybridized carbons (Fsp3) is 0.143. The van der Waals surface area contributed by atoms with Crippen LogP contribution in [0, 0.1) is 13.8 Å². The van der Waals surface area contributed by atoms with Crippen molar-refractivity contribution in [1.82, 2.24) is 0 Å². The Labute approximate surface area is 101 Å². The molecule has 1 unspecified atom stereocenters. The Bertz CT molecular complexity index is 452. The van der Waals surface area contributed by atoms with Crippen LogP contribution in [0.3, 0.4) is 0 Å². The number of aryl methyl sites for hydroxylation is 1. The number of benzene rings is 2. The highest BCUT2D eigenvalue weighted by atomic mass is 31.1. The highest BCUT2D eigenvalue weighted by Gasteiger charge is 2.01. The first kappa shape index (κ1) is 13.0. The molecule has 0 spiro atoms. The molecular weight excluding hydrogens is 210 g/mol. The van der Waals surface area contributed by atoms with E-state index in [2.05, 4.69) is 62.4 Å². The third kappa shape index (κ3) is 2.96. The summed E-state index contributed by atoms with van der Waals surface area (Å²) < 4.78 is 0. The van der Waals surface area contributed by atoms with E-state index >= 15 is 0 Å². The van der Waals surface area contributed by atoms with E-state index in [4.69, 9.17) is 0 Å². The van der Waals surface area contributed by atoms with E-state index in [0.717, 1.165) is 8.58 Å². The summed E-state index contributed by atoms with van der Waals surface area (Å²) in [7, 11) is 0.772. The topological polar surface area (TPSA) is 0 Å². The van der Waals surface area contributed by atoms with Crippen LogP contribution in [0.2, 0.25) is 0 Å². The SMILES string of the molecule is Cc1cccc(Pc2ccccc2)c1C.[B]. The molecule has 2 aromatic rings. The van der Waals surface area contributed by atoms with Crippen LogP contribution >= 0.6 is 8.58 Å². The molecule has 2 rings (SSSR count). The average Bonchev–Trinajstić information content (AvgIpc) is 2.26. The minimum atomic E-state index is 0. The fourth-order valence-corrected chi connectivity index (χ4v) is 2.80. The van der Waals surface area contributed by atoms with E-state index < -0.39 is 0 Å². The predicted octanol–water partition coefficient (Wildman–Crippen LogP) is 2.55. The van der Waals surface area contributed by atoms with Gasteiger partial charge in [0.25, 0.3) is 0 Å². The Morgan fingerprint density at radius 3 is 2.19 bits per heavy atom. The van der Waals surface area contributed by atoms with E-state index in [9.17, 15) is 0 Å². The van der Waals surface area contributed by atoms with Gasteiger partial charge in [-0.2, -0.15) is 0 Å². The molecule has 2 heteroatoms. The molecular formula is C14H15BP.